The van der Waals surface area contributed by atoms with Crippen LogP contribution in [0.25, 0.3) is 0 Å². The maximum atomic E-state index is 5.31. The lowest BCUT2D eigenvalue weighted by Gasteiger charge is -2.07. The molecule has 0 aliphatic heterocycles. The molecule has 0 bridgehead atoms. The lowest BCUT2D eigenvalue weighted by molar-refractivity contribution is 0.814. The topological polar surface area (TPSA) is 64.4 Å². The van der Waals surface area contributed by atoms with E-state index in [9.17, 15) is 0 Å². The monoisotopic (exact) mass is 209 g/mol. The van der Waals surface area contributed by atoms with Crippen molar-refractivity contribution in [2.24, 2.45) is 16.5 Å². The molecule has 14 heavy (non-hydrogen) atoms. The number of benzene rings is 1. The van der Waals surface area contributed by atoms with Crippen LogP contribution in [-0.4, -0.2) is 12.2 Å². The SMILES string of the molecule is CSc1ccc(C(C)N=C(N)N)cc1. The standard InChI is InChI=1S/C10H15N3S/c1-7(13-10(11)12)8-3-5-9(14-2)6-4-8/h3-7H,1-2H3,(H4,11,12,13). The van der Waals surface area contributed by atoms with Gasteiger partial charge in [0.05, 0.1) is 6.04 Å². The zero-order valence-electron chi connectivity index (χ0n) is 8.40. The maximum Gasteiger partial charge on any atom is 0.186 e. The summed E-state index contributed by atoms with van der Waals surface area (Å²) in [5, 5.41) is 0. The summed E-state index contributed by atoms with van der Waals surface area (Å²) in [6.07, 6.45) is 2.05. The fourth-order valence-electron chi connectivity index (χ4n) is 1.18. The molecule has 1 unspecified atom stereocenters. The molecule has 0 aliphatic rings. The third-order valence-corrected chi connectivity index (χ3v) is 2.68. The summed E-state index contributed by atoms with van der Waals surface area (Å²) < 4.78 is 0. The Morgan fingerprint density at radius 3 is 2.29 bits per heavy atom. The van der Waals surface area contributed by atoms with Gasteiger partial charge >= 0.3 is 0 Å². The van der Waals surface area contributed by atoms with Crippen molar-refractivity contribution in [1.82, 2.24) is 0 Å². The molecule has 0 aliphatic carbocycles. The number of nitrogens with zero attached hydrogens (tertiary/aromatic N) is 1. The summed E-state index contributed by atoms with van der Waals surface area (Å²) in [6, 6.07) is 8.25. The Labute approximate surface area is 88.6 Å². The molecule has 4 N–H and O–H groups in total. The molecule has 1 atom stereocenters. The van der Waals surface area contributed by atoms with Crippen molar-refractivity contribution in [3.63, 3.8) is 0 Å². The second-order valence-electron chi connectivity index (χ2n) is 3.00. The Morgan fingerprint density at radius 1 is 1.29 bits per heavy atom. The molecule has 1 rings (SSSR count). The summed E-state index contributed by atoms with van der Waals surface area (Å²) in [6.45, 7) is 1.97. The van der Waals surface area contributed by atoms with Gasteiger partial charge in [0.25, 0.3) is 0 Å². The van der Waals surface area contributed by atoms with E-state index in [1.54, 1.807) is 11.8 Å². The van der Waals surface area contributed by atoms with E-state index in [4.69, 9.17) is 11.5 Å². The largest absolute Gasteiger partial charge is 0.370 e. The highest BCUT2D eigenvalue weighted by Gasteiger charge is 2.02. The summed E-state index contributed by atoms with van der Waals surface area (Å²) in [7, 11) is 0. The molecule has 76 valence electrons. The van der Waals surface area contributed by atoms with Gasteiger partial charge in [-0.3, -0.25) is 0 Å². The van der Waals surface area contributed by atoms with Crippen molar-refractivity contribution in [3.05, 3.63) is 29.8 Å². The summed E-state index contributed by atoms with van der Waals surface area (Å²) in [5.41, 5.74) is 11.7. The van der Waals surface area contributed by atoms with E-state index in [2.05, 4.69) is 23.4 Å². The average Bonchev–Trinajstić information content (AvgIpc) is 2.17. The fourth-order valence-corrected chi connectivity index (χ4v) is 1.59. The zero-order chi connectivity index (χ0) is 10.6. The predicted octanol–water partition coefficient (Wildman–Crippen LogP) is 1.74. The Hall–Kier alpha value is -1.16. The molecule has 0 heterocycles. The quantitative estimate of drug-likeness (QED) is 0.453. The Kier molecular flexibility index (Phi) is 3.83. The van der Waals surface area contributed by atoms with Crippen LogP contribution in [0.15, 0.2) is 34.2 Å². The number of guanidine groups is 1. The van der Waals surface area contributed by atoms with Gasteiger partial charge in [0, 0.05) is 4.90 Å². The van der Waals surface area contributed by atoms with Crippen LogP contribution in [-0.2, 0) is 0 Å². The highest BCUT2D eigenvalue weighted by molar-refractivity contribution is 7.98. The van der Waals surface area contributed by atoms with Crippen LogP contribution in [0.2, 0.25) is 0 Å². The van der Waals surface area contributed by atoms with Crippen molar-refractivity contribution in [1.29, 1.82) is 0 Å². The van der Waals surface area contributed by atoms with Crippen LogP contribution in [0, 0.1) is 0 Å². The van der Waals surface area contributed by atoms with E-state index in [0.717, 1.165) is 5.56 Å². The van der Waals surface area contributed by atoms with Crippen LogP contribution >= 0.6 is 11.8 Å². The third-order valence-electron chi connectivity index (χ3n) is 1.94. The fraction of sp³-hybridized carbons (Fsp3) is 0.300. The van der Waals surface area contributed by atoms with Gasteiger partial charge < -0.3 is 11.5 Å². The molecular formula is C10H15N3S. The molecule has 0 saturated carbocycles. The van der Waals surface area contributed by atoms with Gasteiger partial charge in [-0.25, -0.2) is 4.99 Å². The normalized spacial score (nSPS) is 12.1. The van der Waals surface area contributed by atoms with E-state index in [1.807, 2.05) is 19.1 Å². The van der Waals surface area contributed by atoms with Crippen LogP contribution in [0.5, 0.6) is 0 Å². The van der Waals surface area contributed by atoms with Crippen LogP contribution in [0.1, 0.15) is 18.5 Å². The minimum atomic E-state index is 0.0240. The first-order valence-corrected chi connectivity index (χ1v) is 5.58. The van der Waals surface area contributed by atoms with Gasteiger partial charge in [0.1, 0.15) is 0 Å². The molecule has 1 aromatic rings. The summed E-state index contributed by atoms with van der Waals surface area (Å²) in [4.78, 5) is 5.31. The van der Waals surface area contributed by atoms with Gasteiger partial charge in [-0.1, -0.05) is 12.1 Å². The van der Waals surface area contributed by atoms with Crippen molar-refractivity contribution in [3.8, 4) is 0 Å². The molecule has 0 aromatic heterocycles. The van der Waals surface area contributed by atoms with Crippen molar-refractivity contribution >= 4 is 17.7 Å². The van der Waals surface area contributed by atoms with Crippen LogP contribution in [0.4, 0.5) is 0 Å². The minimum absolute atomic E-state index is 0.0240. The van der Waals surface area contributed by atoms with E-state index >= 15 is 0 Å². The molecule has 0 saturated heterocycles. The molecular weight excluding hydrogens is 194 g/mol. The van der Waals surface area contributed by atoms with Crippen LogP contribution in [0.3, 0.4) is 0 Å². The predicted molar refractivity (Wildman–Crippen MR) is 62.4 cm³/mol. The molecule has 4 heteroatoms. The number of nitrogens with two attached hydrogens (primary N) is 2. The number of hydrogen-bond acceptors (Lipinski definition) is 2. The van der Waals surface area contributed by atoms with Crippen molar-refractivity contribution in [2.45, 2.75) is 17.9 Å². The van der Waals surface area contributed by atoms with E-state index in [0.29, 0.717) is 0 Å². The lowest BCUT2D eigenvalue weighted by atomic mass is 10.1. The lowest BCUT2D eigenvalue weighted by Crippen LogP contribution is -2.23. The van der Waals surface area contributed by atoms with Crippen LogP contribution < -0.4 is 11.5 Å². The number of thioether (sulfide) groups is 1. The van der Waals surface area contributed by atoms with Crippen molar-refractivity contribution < 1.29 is 0 Å². The Bertz CT molecular complexity index is 315. The molecule has 1 aromatic carbocycles. The maximum absolute atomic E-state index is 5.31. The van der Waals surface area contributed by atoms with Gasteiger partial charge in [-0.05, 0) is 30.9 Å². The van der Waals surface area contributed by atoms with E-state index in [1.165, 1.54) is 4.90 Å². The first-order chi connectivity index (χ1) is 6.63. The first kappa shape index (κ1) is 10.9. The zero-order valence-corrected chi connectivity index (χ0v) is 9.21. The minimum Gasteiger partial charge on any atom is -0.370 e. The molecule has 0 amide bonds. The highest BCUT2D eigenvalue weighted by Crippen LogP contribution is 2.20. The third kappa shape index (κ3) is 2.96. The van der Waals surface area contributed by atoms with Gasteiger partial charge in [0.15, 0.2) is 5.96 Å². The Balaban J connectivity index is 2.81. The highest BCUT2D eigenvalue weighted by atomic mass is 32.2. The second-order valence-corrected chi connectivity index (χ2v) is 3.88. The second kappa shape index (κ2) is 4.91. The summed E-state index contributed by atoms with van der Waals surface area (Å²) >= 11 is 1.72. The Morgan fingerprint density at radius 2 is 1.86 bits per heavy atom. The average molecular weight is 209 g/mol. The molecule has 0 spiro atoms. The first-order valence-electron chi connectivity index (χ1n) is 4.36. The smallest absolute Gasteiger partial charge is 0.186 e. The van der Waals surface area contributed by atoms with Gasteiger partial charge in [-0.2, -0.15) is 0 Å². The van der Waals surface area contributed by atoms with Crippen molar-refractivity contribution in [2.75, 3.05) is 6.26 Å². The number of hydrogen-bond donors (Lipinski definition) is 2. The number of rotatable bonds is 3. The molecule has 0 radical (unpaired) electrons. The van der Waals surface area contributed by atoms with Gasteiger partial charge in [-0.15, -0.1) is 11.8 Å². The number of aliphatic imine (C=N–C) groups is 1. The molecule has 0 fully saturated rings. The van der Waals surface area contributed by atoms with E-state index < -0.39 is 0 Å². The summed E-state index contributed by atoms with van der Waals surface area (Å²) in [5.74, 6) is 0.131. The van der Waals surface area contributed by atoms with Gasteiger partial charge in [0.2, 0.25) is 0 Å². The molecule has 3 nitrogen and oxygen atoms in total. The van der Waals surface area contributed by atoms with E-state index in [-0.39, 0.29) is 12.0 Å².